The first kappa shape index (κ1) is 13.3. The summed E-state index contributed by atoms with van der Waals surface area (Å²) in [6.45, 7) is 0.505. The van der Waals surface area contributed by atoms with Crippen molar-refractivity contribution >= 4 is 10.9 Å². The second kappa shape index (κ2) is 5.75. The number of nitrogens with two attached hydrogens (primary N) is 1. The highest BCUT2D eigenvalue weighted by Crippen LogP contribution is 2.25. The van der Waals surface area contributed by atoms with E-state index < -0.39 is 0 Å². The Morgan fingerprint density at radius 3 is 2.65 bits per heavy atom. The minimum Gasteiger partial charge on any atom is -0.461 e. The summed E-state index contributed by atoms with van der Waals surface area (Å²) in [5.41, 5.74) is 7.13. The Morgan fingerprint density at radius 2 is 1.85 bits per heavy atom. The Balaban J connectivity index is 1.69. The molecule has 3 rings (SSSR count). The maximum atomic E-state index is 6.44. The summed E-state index contributed by atoms with van der Waals surface area (Å²) >= 11 is 0. The maximum Gasteiger partial charge on any atom is 0.316 e. The Labute approximate surface area is 119 Å². The van der Waals surface area contributed by atoms with Crippen molar-refractivity contribution in [3.8, 4) is 6.01 Å². The minimum absolute atomic E-state index is 0.217. The molecule has 1 aromatic carbocycles. The Bertz CT molecular complexity index is 577. The molecule has 1 heterocycles. The van der Waals surface area contributed by atoms with Crippen LogP contribution in [-0.2, 0) is 0 Å². The smallest absolute Gasteiger partial charge is 0.316 e. The van der Waals surface area contributed by atoms with Gasteiger partial charge in [-0.3, -0.25) is 0 Å². The number of fused-ring (bicyclic) bond motifs is 1. The molecule has 0 saturated heterocycles. The molecule has 2 N–H and O–H groups in total. The molecule has 4 heteroatoms. The van der Waals surface area contributed by atoms with Gasteiger partial charge in [0.15, 0.2) is 0 Å². The van der Waals surface area contributed by atoms with Gasteiger partial charge in [-0.15, -0.1) is 0 Å². The van der Waals surface area contributed by atoms with E-state index in [1.165, 1.54) is 25.7 Å². The average Bonchev–Trinajstić information content (AvgIpc) is 2.70. The van der Waals surface area contributed by atoms with Gasteiger partial charge in [0.1, 0.15) is 6.61 Å². The molecule has 1 fully saturated rings. The Hall–Kier alpha value is -1.68. The molecule has 106 valence electrons. The summed E-state index contributed by atoms with van der Waals surface area (Å²) in [6, 6.07) is 8.34. The first-order chi connectivity index (χ1) is 9.75. The predicted molar refractivity (Wildman–Crippen MR) is 79.7 cm³/mol. The number of benzene rings is 1. The second-order valence-corrected chi connectivity index (χ2v) is 5.78. The quantitative estimate of drug-likeness (QED) is 0.872. The fourth-order valence-electron chi connectivity index (χ4n) is 2.81. The minimum atomic E-state index is -0.217. The van der Waals surface area contributed by atoms with Crippen molar-refractivity contribution < 1.29 is 4.74 Å². The van der Waals surface area contributed by atoms with Crippen LogP contribution in [0.15, 0.2) is 30.5 Å². The van der Waals surface area contributed by atoms with E-state index >= 15 is 0 Å². The normalized spacial score (nSPS) is 18.6. The maximum absolute atomic E-state index is 6.44. The Morgan fingerprint density at radius 1 is 1.10 bits per heavy atom. The monoisotopic (exact) mass is 271 g/mol. The largest absolute Gasteiger partial charge is 0.461 e. The predicted octanol–water partition coefficient (Wildman–Crippen LogP) is 3.06. The fraction of sp³-hybridized carbons (Fsp3) is 0.500. The van der Waals surface area contributed by atoms with Crippen LogP contribution in [0.25, 0.3) is 10.9 Å². The van der Waals surface area contributed by atoms with E-state index in [-0.39, 0.29) is 5.54 Å². The van der Waals surface area contributed by atoms with Crippen LogP contribution < -0.4 is 10.5 Å². The zero-order valence-corrected chi connectivity index (χ0v) is 11.7. The number of hydrogen-bond acceptors (Lipinski definition) is 4. The van der Waals surface area contributed by atoms with E-state index in [0.717, 1.165) is 23.7 Å². The average molecular weight is 271 g/mol. The first-order valence-electron chi connectivity index (χ1n) is 7.39. The number of nitrogens with zero attached hydrogens (tertiary/aromatic N) is 2. The van der Waals surface area contributed by atoms with Crippen molar-refractivity contribution in [1.29, 1.82) is 0 Å². The van der Waals surface area contributed by atoms with Gasteiger partial charge in [0, 0.05) is 11.6 Å². The van der Waals surface area contributed by atoms with Crippen LogP contribution in [0.1, 0.15) is 38.5 Å². The lowest BCUT2D eigenvalue weighted by Crippen LogP contribution is -2.45. The van der Waals surface area contributed by atoms with Gasteiger partial charge < -0.3 is 10.5 Å². The van der Waals surface area contributed by atoms with Gasteiger partial charge >= 0.3 is 6.01 Å². The molecule has 0 aliphatic heterocycles. The number of aromatic nitrogens is 2. The van der Waals surface area contributed by atoms with Gasteiger partial charge in [0.05, 0.1) is 11.1 Å². The summed E-state index contributed by atoms with van der Waals surface area (Å²) in [5, 5.41) is 1.02. The molecule has 0 radical (unpaired) electrons. The number of hydrogen-bond donors (Lipinski definition) is 1. The molecule has 0 amide bonds. The molecular weight excluding hydrogens is 250 g/mol. The van der Waals surface area contributed by atoms with E-state index in [0.29, 0.717) is 12.6 Å². The highest BCUT2D eigenvalue weighted by molar-refractivity contribution is 5.77. The lowest BCUT2D eigenvalue weighted by atomic mass is 9.93. The van der Waals surface area contributed by atoms with E-state index in [4.69, 9.17) is 10.5 Å². The van der Waals surface area contributed by atoms with Crippen LogP contribution in [-0.4, -0.2) is 22.1 Å². The zero-order chi connectivity index (χ0) is 13.8. The SMILES string of the molecule is NC1(COc2ncc3ccccc3n2)CCCCCC1. The van der Waals surface area contributed by atoms with Crippen molar-refractivity contribution in [3.63, 3.8) is 0 Å². The van der Waals surface area contributed by atoms with Gasteiger partial charge in [-0.05, 0) is 18.9 Å². The van der Waals surface area contributed by atoms with Crippen LogP contribution in [0.5, 0.6) is 6.01 Å². The zero-order valence-electron chi connectivity index (χ0n) is 11.7. The summed E-state index contributed by atoms with van der Waals surface area (Å²) in [5.74, 6) is 0. The van der Waals surface area contributed by atoms with E-state index in [1.807, 2.05) is 24.3 Å². The fourth-order valence-corrected chi connectivity index (χ4v) is 2.81. The first-order valence-corrected chi connectivity index (χ1v) is 7.39. The lowest BCUT2D eigenvalue weighted by Gasteiger charge is -2.27. The molecule has 0 atom stereocenters. The van der Waals surface area contributed by atoms with Crippen molar-refractivity contribution in [2.45, 2.75) is 44.1 Å². The van der Waals surface area contributed by atoms with Gasteiger partial charge in [-0.2, -0.15) is 4.98 Å². The highest BCUT2D eigenvalue weighted by Gasteiger charge is 2.27. The molecule has 4 nitrogen and oxygen atoms in total. The Kier molecular flexibility index (Phi) is 3.83. The van der Waals surface area contributed by atoms with Crippen LogP contribution in [0.3, 0.4) is 0 Å². The number of rotatable bonds is 3. The molecule has 2 aromatic rings. The molecule has 1 aromatic heterocycles. The van der Waals surface area contributed by atoms with E-state index in [9.17, 15) is 0 Å². The molecule has 1 saturated carbocycles. The van der Waals surface area contributed by atoms with Crippen LogP contribution >= 0.6 is 0 Å². The molecule has 1 aliphatic rings. The van der Waals surface area contributed by atoms with Gasteiger partial charge in [0.2, 0.25) is 0 Å². The van der Waals surface area contributed by atoms with E-state index in [2.05, 4.69) is 9.97 Å². The highest BCUT2D eigenvalue weighted by atomic mass is 16.5. The third-order valence-electron chi connectivity index (χ3n) is 4.05. The van der Waals surface area contributed by atoms with Gasteiger partial charge in [-0.1, -0.05) is 43.9 Å². The molecule has 0 bridgehead atoms. The number of para-hydroxylation sites is 1. The third kappa shape index (κ3) is 3.07. The lowest BCUT2D eigenvalue weighted by molar-refractivity contribution is 0.187. The van der Waals surface area contributed by atoms with E-state index in [1.54, 1.807) is 6.20 Å². The van der Waals surface area contributed by atoms with Crippen molar-refractivity contribution in [2.75, 3.05) is 6.61 Å². The summed E-state index contributed by atoms with van der Waals surface area (Å²) < 4.78 is 5.76. The van der Waals surface area contributed by atoms with Crippen LogP contribution in [0, 0.1) is 0 Å². The molecular formula is C16H21N3O. The molecule has 0 spiro atoms. The van der Waals surface area contributed by atoms with Crippen molar-refractivity contribution in [2.24, 2.45) is 5.73 Å². The van der Waals surface area contributed by atoms with Crippen LogP contribution in [0.2, 0.25) is 0 Å². The molecule has 20 heavy (non-hydrogen) atoms. The summed E-state index contributed by atoms with van der Waals surface area (Å²) in [7, 11) is 0. The third-order valence-corrected chi connectivity index (χ3v) is 4.05. The molecule has 0 unspecified atom stereocenters. The summed E-state index contributed by atoms with van der Waals surface area (Å²) in [6.07, 6.45) is 8.81. The van der Waals surface area contributed by atoms with Gasteiger partial charge in [-0.25, -0.2) is 4.98 Å². The van der Waals surface area contributed by atoms with Crippen LogP contribution in [0.4, 0.5) is 0 Å². The number of ether oxygens (including phenoxy) is 1. The van der Waals surface area contributed by atoms with Gasteiger partial charge in [0.25, 0.3) is 0 Å². The summed E-state index contributed by atoms with van der Waals surface area (Å²) in [4.78, 5) is 8.68. The second-order valence-electron chi connectivity index (χ2n) is 5.78. The topological polar surface area (TPSA) is 61.0 Å². The van der Waals surface area contributed by atoms with Crippen molar-refractivity contribution in [3.05, 3.63) is 30.5 Å². The van der Waals surface area contributed by atoms with Crippen molar-refractivity contribution in [1.82, 2.24) is 9.97 Å². The molecule has 1 aliphatic carbocycles. The standard InChI is InChI=1S/C16H21N3O/c17-16(9-5-1-2-6-10-16)12-20-15-18-11-13-7-3-4-8-14(13)19-15/h3-4,7-8,11H,1-2,5-6,9-10,12,17H2.